The number of nitrogens with one attached hydrogen (secondary N) is 1. The molecule has 86 heavy (non-hydrogen) atoms. The third kappa shape index (κ3) is 13.7. The van der Waals surface area contributed by atoms with Crippen molar-refractivity contribution in [3.8, 4) is 28.7 Å². The monoisotopic (exact) mass is 1180 g/mol. The van der Waals surface area contributed by atoms with Gasteiger partial charge in [-0.2, -0.15) is 5.26 Å². The number of anilines is 1. The van der Waals surface area contributed by atoms with E-state index >= 15 is 0 Å². The van der Waals surface area contributed by atoms with Crippen molar-refractivity contribution in [2.24, 2.45) is 0 Å². The highest BCUT2D eigenvalue weighted by molar-refractivity contribution is 7.44. The van der Waals surface area contributed by atoms with E-state index in [1.807, 2.05) is 120 Å². The highest BCUT2D eigenvalue weighted by Gasteiger charge is 2.45. The second kappa shape index (κ2) is 28.3. The molecule has 18 heteroatoms. The third-order valence-corrected chi connectivity index (χ3v) is 17.9. The van der Waals surface area contributed by atoms with Gasteiger partial charge >= 0.3 is 5.97 Å². The van der Waals surface area contributed by atoms with Crippen molar-refractivity contribution in [2.45, 2.75) is 115 Å². The maximum absolute atomic E-state index is 13.9. The van der Waals surface area contributed by atoms with Crippen molar-refractivity contribution in [3.63, 3.8) is 0 Å². The van der Waals surface area contributed by atoms with Crippen LogP contribution in [0.25, 0.3) is 22.3 Å². The Morgan fingerprint density at radius 2 is 1.36 bits per heavy atom. The first-order chi connectivity index (χ1) is 41.9. The Bertz CT molecular complexity index is 3530. The first-order valence-electron chi connectivity index (χ1n) is 29.2. The molecule has 4 atom stereocenters. The smallest absolute Gasteiger partial charge is 0.305 e. The lowest BCUT2D eigenvalue weighted by atomic mass is 9.80. The molecule has 0 bridgehead atoms. The van der Waals surface area contributed by atoms with Crippen molar-refractivity contribution in [2.75, 3.05) is 39.4 Å². The molecule has 1 aliphatic carbocycles. The van der Waals surface area contributed by atoms with Crippen LogP contribution in [-0.4, -0.2) is 100 Å². The van der Waals surface area contributed by atoms with Crippen molar-refractivity contribution in [1.29, 1.82) is 5.26 Å². The highest BCUT2D eigenvalue weighted by Crippen LogP contribution is 2.51. The van der Waals surface area contributed by atoms with E-state index in [4.69, 9.17) is 37.7 Å². The van der Waals surface area contributed by atoms with Crippen LogP contribution in [-0.2, 0) is 44.9 Å². The summed E-state index contributed by atoms with van der Waals surface area (Å²) in [5.41, 5.74) is 8.12. The highest BCUT2D eigenvalue weighted by atomic mass is 31.2. The molecular weight excluding hydrogens is 1110 g/mol. The number of amides is 1. The molecule has 0 radical (unpaired) electrons. The summed E-state index contributed by atoms with van der Waals surface area (Å²) in [6, 6.07) is 51.5. The molecule has 1 saturated heterocycles. The lowest BCUT2D eigenvalue weighted by molar-refractivity contribution is -0.144. The molecule has 1 aliphatic heterocycles. The van der Waals surface area contributed by atoms with Crippen LogP contribution in [0, 0.1) is 11.3 Å². The van der Waals surface area contributed by atoms with E-state index < -0.39 is 38.5 Å². The van der Waals surface area contributed by atoms with Gasteiger partial charge in [-0.25, -0.2) is 19.6 Å². The van der Waals surface area contributed by atoms with E-state index in [9.17, 15) is 19.6 Å². The quantitative estimate of drug-likeness (QED) is 0.0210. The zero-order valence-corrected chi connectivity index (χ0v) is 50.2. The van der Waals surface area contributed by atoms with Gasteiger partial charge in [-0.05, 0) is 121 Å². The first kappa shape index (κ1) is 60.9. The Morgan fingerprint density at radius 1 is 0.744 bits per heavy atom. The van der Waals surface area contributed by atoms with Gasteiger partial charge in [0.2, 0.25) is 0 Å². The summed E-state index contributed by atoms with van der Waals surface area (Å²) < 4.78 is 49.0. The number of rotatable bonds is 28. The number of carbonyl (C=O) groups excluding carboxylic acids is 3. The average Bonchev–Trinajstić information content (AvgIpc) is 2.60. The summed E-state index contributed by atoms with van der Waals surface area (Å²) in [6.45, 7) is 8.85. The summed E-state index contributed by atoms with van der Waals surface area (Å²) in [6.07, 6.45) is 3.19. The van der Waals surface area contributed by atoms with E-state index in [0.717, 1.165) is 33.4 Å². The van der Waals surface area contributed by atoms with Crippen molar-refractivity contribution < 1.29 is 47.1 Å². The number of benzene rings is 6. The van der Waals surface area contributed by atoms with Crippen LogP contribution in [0.1, 0.15) is 122 Å². The maximum Gasteiger partial charge on any atom is 0.305 e. The number of Topliss-reactive ketones (excluding diaryl/α,β-unsaturated/α-hetero) is 1. The van der Waals surface area contributed by atoms with Crippen LogP contribution in [0.3, 0.4) is 0 Å². The van der Waals surface area contributed by atoms with Crippen LogP contribution in [0.5, 0.6) is 11.5 Å². The van der Waals surface area contributed by atoms with Crippen LogP contribution in [0.15, 0.2) is 164 Å². The third-order valence-electron chi connectivity index (χ3n) is 15.7. The van der Waals surface area contributed by atoms with E-state index in [-0.39, 0.29) is 74.7 Å². The summed E-state index contributed by atoms with van der Waals surface area (Å²) in [4.78, 5) is 53.5. The lowest BCUT2D eigenvalue weighted by Gasteiger charge is -2.39. The summed E-state index contributed by atoms with van der Waals surface area (Å²) in [5.74, 6) is 0.918. The average molecular weight is 1180 g/mol. The molecule has 2 aromatic heterocycles. The van der Waals surface area contributed by atoms with Crippen LogP contribution >= 0.6 is 8.53 Å². The molecule has 1 fully saturated rings. The molecule has 0 saturated carbocycles. The van der Waals surface area contributed by atoms with Crippen LogP contribution in [0.4, 0.5) is 5.82 Å². The predicted octanol–water partition coefficient (Wildman–Crippen LogP) is 13.1. The van der Waals surface area contributed by atoms with E-state index in [2.05, 4.69) is 78.0 Å². The number of ether oxygens (including phenoxy) is 5. The lowest BCUT2D eigenvalue weighted by Crippen LogP contribution is -2.39. The zero-order chi connectivity index (χ0) is 60.2. The number of aryl methyl sites for hydroxylation is 1. The Morgan fingerprint density at radius 3 is 1.98 bits per heavy atom. The van der Waals surface area contributed by atoms with Gasteiger partial charge in [-0.1, -0.05) is 115 Å². The molecule has 17 nitrogen and oxygen atoms in total. The SMILES string of the molecule is COc1ccc(C(OCC2OC(n3cnc4c(NC(=O)c5ccc(CCC(=O)CCCC(=O)OCC6c7ccccc7-c7ccccc76)cc5)ncnc43)CC2OP(OCCC#N)N(C(C)C)C(C)C)(c2ccccc2)c2ccc(OC)cc2)cc1. The van der Waals surface area contributed by atoms with Gasteiger partial charge in [-0.3, -0.25) is 19.0 Å². The molecular formula is C68H72N7O10P. The van der Waals surface area contributed by atoms with Crippen LogP contribution in [0.2, 0.25) is 0 Å². The molecule has 0 spiro atoms. The maximum atomic E-state index is 13.9. The van der Waals surface area contributed by atoms with Crippen LogP contribution < -0.4 is 14.8 Å². The van der Waals surface area contributed by atoms with E-state index in [1.54, 1.807) is 32.7 Å². The fraction of sp³-hybridized carbons (Fsp3) is 0.338. The van der Waals surface area contributed by atoms with Crippen molar-refractivity contribution >= 4 is 43.2 Å². The molecule has 3 heterocycles. The number of nitrogens with zero attached hydrogens (tertiary/aromatic N) is 6. The molecule has 2 aliphatic rings. The van der Waals surface area contributed by atoms with E-state index in [0.29, 0.717) is 53.9 Å². The topological polar surface area (TPSA) is 198 Å². The molecule has 6 aromatic carbocycles. The fourth-order valence-electron chi connectivity index (χ4n) is 11.5. The number of hydrogen-bond acceptors (Lipinski definition) is 15. The summed E-state index contributed by atoms with van der Waals surface area (Å²) >= 11 is 0. The fourth-order valence-corrected chi connectivity index (χ4v) is 13.3. The van der Waals surface area contributed by atoms with Gasteiger partial charge in [0.05, 0.1) is 52.4 Å². The summed E-state index contributed by atoms with van der Waals surface area (Å²) in [7, 11) is 1.55. The molecule has 1 N–H and O–H groups in total. The second-order valence-corrected chi connectivity index (χ2v) is 23.3. The molecule has 1 amide bonds. The Balaban J connectivity index is 0.818. The Hall–Kier alpha value is -8.20. The normalized spacial score (nSPS) is 16.0. The molecule has 444 valence electrons. The molecule has 8 aromatic rings. The number of hydrogen-bond donors (Lipinski definition) is 1. The number of aromatic nitrogens is 4. The number of carbonyl (C=O) groups is 3. The van der Waals surface area contributed by atoms with Crippen molar-refractivity contribution in [3.05, 3.63) is 203 Å². The molecule has 4 unspecified atom stereocenters. The minimum absolute atomic E-state index is 0.0160. The van der Waals surface area contributed by atoms with Gasteiger partial charge < -0.3 is 38.0 Å². The minimum Gasteiger partial charge on any atom is -0.497 e. The Kier molecular flexibility index (Phi) is 20.1. The minimum atomic E-state index is -1.72. The predicted molar refractivity (Wildman–Crippen MR) is 328 cm³/mol. The van der Waals surface area contributed by atoms with Gasteiger partial charge in [-0.15, -0.1) is 0 Å². The van der Waals surface area contributed by atoms with Gasteiger partial charge in [0.1, 0.15) is 48.1 Å². The Labute approximate surface area is 503 Å². The van der Waals surface area contributed by atoms with Gasteiger partial charge in [0.25, 0.3) is 14.4 Å². The second-order valence-electron chi connectivity index (χ2n) is 21.9. The number of fused-ring (bicyclic) bond motifs is 4. The number of nitriles is 1. The standard InChI is InChI=1S/C68H72N7O10P/c1-45(2)75(46(3)4)86(83-39-15-38-69)85-60-40-62(84-61(60)42-82-68(49-16-8-7-9-17-49,50-29-34-53(79-5)35-30-50)51-31-36-54(80-6)37-32-51)74-44-72-64-65(70-43-71-66(64)74)73-67(78)48-27-24-47(25-28-48)26-33-52(76)18-14-23-63(77)81-41-59-57-21-12-10-19-55(57)56-20-11-13-22-58(56)59/h7-13,16-17,19-22,24-25,27-32,34-37,43-46,59-62H,14-15,18,23,26,33,39-42H2,1-6H3,(H,70,71,73,78). The molecule has 10 rings (SSSR count). The number of imidazole rings is 1. The first-order valence-corrected chi connectivity index (χ1v) is 30.3. The van der Waals surface area contributed by atoms with Gasteiger partial charge in [0.15, 0.2) is 17.0 Å². The summed E-state index contributed by atoms with van der Waals surface area (Å²) in [5, 5.41) is 12.5. The number of esters is 1. The van der Waals surface area contributed by atoms with Crippen molar-refractivity contribution in [1.82, 2.24) is 24.2 Å². The largest absolute Gasteiger partial charge is 0.497 e. The number of methoxy groups -OCH3 is 2. The zero-order valence-electron chi connectivity index (χ0n) is 49.3. The number of ketones is 1. The van der Waals surface area contributed by atoms with Gasteiger partial charge in [0, 0.05) is 49.2 Å². The van der Waals surface area contributed by atoms with E-state index in [1.165, 1.54) is 17.5 Å².